The third-order valence-corrected chi connectivity index (χ3v) is 3.94. The van der Waals surface area contributed by atoms with E-state index < -0.39 is 0 Å². The molecule has 1 fully saturated rings. The normalized spacial score (nSPS) is 21.8. The summed E-state index contributed by atoms with van der Waals surface area (Å²) in [5.41, 5.74) is 1.10. The molecule has 5 nitrogen and oxygen atoms in total. The Labute approximate surface area is 125 Å². The van der Waals surface area contributed by atoms with Gasteiger partial charge in [0.05, 0.1) is 26.8 Å². The molecule has 1 aromatic rings. The Morgan fingerprint density at radius 3 is 3.00 bits per heavy atom. The summed E-state index contributed by atoms with van der Waals surface area (Å²) < 4.78 is 10.3. The lowest BCUT2D eigenvalue weighted by Gasteiger charge is -2.28. The smallest absolute Gasteiger partial charge is 0.314 e. The first-order valence-corrected chi connectivity index (χ1v) is 7.50. The monoisotopic (exact) mass is 294 g/mol. The molecule has 0 aliphatic carbocycles. The van der Waals surface area contributed by atoms with Crippen LogP contribution in [0, 0.1) is 5.92 Å². The maximum Gasteiger partial charge on any atom is 0.314 e. The molecule has 1 heterocycles. The Balaban J connectivity index is 1.97. The Kier molecular flexibility index (Phi) is 5.44. The molecular weight excluding hydrogens is 270 g/mol. The van der Waals surface area contributed by atoms with Crippen molar-refractivity contribution in [2.24, 2.45) is 5.92 Å². The average molecular weight is 294 g/mol. The van der Waals surface area contributed by atoms with Crippen LogP contribution in [0.4, 0.5) is 0 Å². The van der Waals surface area contributed by atoms with E-state index in [1.165, 1.54) is 4.90 Å². The van der Waals surface area contributed by atoms with Crippen molar-refractivity contribution < 1.29 is 24.3 Å². The predicted octanol–water partition coefficient (Wildman–Crippen LogP) is 0.759. The zero-order valence-electron chi connectivity index (χ0n) is 12.7. The van der Waals surface area contributed by atoms with Crippen LogP contribution in [0.15, 0.2) is 18.2 Å². The van der Waals surface area contributed by atoms with Crippen molar-refractivity contribution in [3.8, 4) is 11.5 Å². The van der Waals surface area contributed by atoms with Gasteiger partial charge in [-0.25, -0.2) is 0 Å². The molecule has 1 aliphatic heterocycles. The molecule has 5 heteroatoms. The topological polar surface area (TPSA) is 60.2 Å². The zero-order chi connectivity index (χ0) is 15.2. The summed E-state index contributed by atoms with van der Waals surface area (Å²) in [6.07, 6.45) is 1.95. The number of carbonyl (C=O) groups excluding carboxylic acids is 1. The van der Waals surface area contributed by atoms with Gasteiger partial charge >= 0.3 is 5.97 Å². The van der Waals surface area contributed by atoms with Crippen LogP contribution in [-0.2, 0) is 16.1 Å². The van der Waals surface area contributed by atoms with Gasteiger partial charge in [-0.15, -0.1) is 0 Å². The lowest BCUT2D eigenvalue weighted by molar-refractivity contribution is -0.921. The van der Waals surface area contributed by atoms with Crippen molar-refractivity contribution >= 4 is 5.97 Å². The summed E-state index contributed by atoms with van der Waals surface area (Å²) in [7, 11) is 1.55. The summed E-state index contributed by atoms with van der Waals surface area (Å²) >= 11 is 0. The van der Waals surface area contributed by atoms with Gasteiger partial charge in [0.25, 0.3) is 0 Å². The Bertz CT molecular complexity index is 489. The van der Waals surface area contributed by atoms with Crippen molar-refractivity contribution in [1.82, 2.24) is 0 Å². The number of hydrogen-bond donors (Lipinski definition) is 2. The number of aromatic hydroxyl groups is 1. The molecule has 21 heavy (non-hydrogen) atoms. The van der Waals surface area contributed by atoms with Gasteiger partial charge in [0.2, 0.25) is 0 Å². The quantitative estimate of drug-likeness (QED) is 0.787. The summed E-state index contributed by atoms with van der Waals surface area (Å²) in [6.45, 7) is 4.97. The SMILES string of the molecule is CCOC(=O)[C@@H]1CCC[NH+](Cc2ccc(O)c(OC)c2)C1. The number of methoxy groups -OCH3 is 1. The number of ether oxygens (including phenoxy) is 2. The van der Waals surface area contributed by atoms with Crippen LogP contribution in [0.25, 0.3) is 0 Å². The molecule has 2 rings (SSSR count). The van der Waals surface area contributed by atoms with Crippen LogP contribution in [0.2, 0.25) is 0 Å². The standard InChI is InChI=1S/C16H23NO4/c1-3-21-16(19)13-5-4-8-17(11-13)10-12-6-7-14(18)15(9-12)20-2/h6-7,9,13,18H,3-5,8,10-11H2,1-2H3/p+1/t13-/m1/s1. The van der Waals surface area contributed by atoms with Crippen LogP contribution in [0.5, 0.6) is 11.5 Å². The molecular formula is C16H24NO4+. The summed E-state index contributed by atoms with van der Waals surface area (Å²) in [5.74, 6) is 0.579. The van der Waals surface area contributed by atoms with E-state index in [1.807, 2.05) is 19.1 Å². The van der Waals surface area contributed by atoms with E-state index in [1.54, 1.807) is 13.2 Å². The molecule has 2 atom stereocenters. The molecule has 1 saturated heterocycles. The maximum absolute atomic E-state index is 11.9. The summed E-state index contributed by atoms with van der Waals surface area (Å²) in [5, 5.41) is 9.62. The van der Waals surface area contributed by atoms with E-state index in [9.17, 15) is 9.90 Å². The first kappa shape index (κ1) is 15.6. The number of piperidine rings is 1. The molecule has 0 bridgehead atoms. The van der Waals surface area contributed by atoms with E-state index in [-0.39, 0.29) is 17.6 Å². The van der Waals surface area contributed by atoms with Crippen LogP contribution < -0.4 is 9.64 Å². The number of phenols is 1. The van der Waals surface area contributed by atoms with Crippen molar-refractivity contribution in [2.75, 3.05) is 26.8 Å². The lowest BCUT2D eigenvalue weighted by Crippen LogP contribution is -3.12. The number of likely N-dealkylation sites (tertiary alicyclic amines) is 1. The number of esters is 1. The van der Waals surface area contributed by atoms with Gasteiger partial charge in [0.15, 0.2) is 11.5 Å². The minimum absolute atomic E-state index is 0.00714. The second-order valence-electron chi connectivity index (χ2n) is 5.48. The van der Waals surface area contributed by atoms with Gasteiger partial charge < -0.3 is 19.5 Å². The van der Waals surface area contributed by atoms with Gasteiger partial charge in [-0.05, 0) is 38.0 Å². The highest BCUT2D eigenvalue weighted by Gasteiger charge is 2.29. The van der Waals surface area contributed by atoms with Crippen molar-refractivity contribution in [1.29, 1.82) is 0 Å². The second kappa shape index (κ2) is 7.31. The molecule has 1 unspecified atom stereocenters. The first-order chi connectivity index (χ1) is 10.1. The first-order valence-electron chi connectivity index (χ1n) is 7.50. The molecule has 0 saturated carbocycles. The van der Waals surface area contributed by atoms with Gasteiger partial charge in [0, 0.05) is 5.56 Å². The Morgan fingerprint density at radius 1 is 1.48 bits per heavy atom. The molecule has 0 spiro atoms. The maximum atomic E-state index is 11.9. The molecule has 0 radical (unpaired) electrons. The third-order valence-electron chi connectivity index (χ3n) is 3.94. The van der Waals surface area contributed by atoms with Crippen molar-refractivity contribution in [3.63, 3.8) is 0 Å². The number of quaternary nitrogens is 1. The van der Waals surface area contributed by atoms with E-state index in [0.717, 1.165) is 38.0 Å². The summed E-state index contributed by atoms with van der Waals surface area (Å²) in [6, 6.07) is 5.41. The largest absolute Gasteiger partial charge is 0.504 e. The van der Waals surface area contributed by atoms with Crippen LogP contribution >= 0.6 is 0 Å². The highest BCUT2D eigenvalue weighted by atomic mass is 16.5. The van der Waals surface area contributed by atoms with Crippen LogP contribution in [-0.4, -0.2) is 37.9 Å². The number of carbonyl (C=O) groups is 1. The second-order valence-corrected chi connectivity index (χ2v) is 5.48. The number of hydrogen-bond acceptors (Lipinski definition) is 4. The Hall–Kier alpha value is -1.75. The minimum atomic E-state index is -0.0713. The number of benzene rings is 1. The van der Waals surface area contributed by atoms with Gasteiger partial charge in [0.1, 0.15) is 12.5 Å². The number of nitrogens with one attached hydrogen (secondary N) is 1. The molecule has 116 valence electrons. The zero-order valence-corrected chi connectivity index (χ0v) is 12.7. The predicted molar refractivity (Wildman–Crippen MR) is 78.4 cm³/mol. The van der Waals surface area contributed by atoms with Gasteiger partial charge in [-0.3, -0.25) is 4.79 Å². The molecule has 2 N–H and O–H groups in total. The molecule has 0 aromatic heterocycles. The molecule has 0 amide bonds. The Morgan fingerprint density at radius 2 is 2.29 bits per heavy atom. The highest BCUT2D eigenvalue weighted by molar-refractivity contribution is 5.72. The summed E-state index contributed by atoms with van der Waals surface area (Å²) in [4.78, 5) is 13.2. The van der Waals surface area contributed by atoms with Gasteiger partial charge in [-0.1, -0.05) is 0 Å². The highest BCUT2D eigenvalue weighted by Crippen LogP contribution is 2.26. The third kappa shape index (κ3) is 4.11. The van der Waals surface area contributed by atoms with E-state index >= 15 is 0 Å². The fourth-order valence-corrected chi connectivity index (χ4v) is 2.89. The van der Waals surface area contributed by atoms with E-state index in [2.05, 4.69) is 0 Å². The minimum Gasteiger partial charge on any atom is -0.504 e. The fourth-order valence-electron chi connectivity index (χ4n) is 2.89. The fraction of sp³-hybridized carbons (Fsp3) is 0.562. The average Bonchev–Trinajstić information content (AvgIpc) is 2.50. The van der Waals surface area contributed by atoms with Crippen molar-refractivity contribution in [3.05, 3.63) is 23.8 Å². The molecule has 1 aromatic carbocycles. The van der Waals surface area contributed by atoms with Crippen molar-refractivity contribution in [2.45, 2.75) is 26.3 Å². The molecule has 1 aliphatic rings. The van der Waals surface area contributed by atoms with Crippen LogP contribution in [0.1, 0.15) is 25.3 Å². The van der Waals surface area contributed by atoms with E-state index in [0.29, 0.717) is 12.4 Å². The number of rotatable bonds is 5. The van der Waals surface area contributed by atoms with Gasteiger partial charge in [-0.2, -0.15) is 0 Å². The lowest BCUT2D eigenvalue weighted by atomic mass is 9.97. The van der Waals surface area contributed by atoms with E-state index in [4.69, 9.17) is 9.47 Å². The van der Waals surface area contributed by atoms with Crippen LogP contribution in [0.3, 0.4) is 0 Å². The number of phenolic OH excluding ortho intramolecular Hbond substituents is 1.